The van der Waals surface area contributed by atoms with E-state index in [2.05, 4.69) is 17.6 Å². The van der Waals surface area contributed by atoms with Crippen molar-refractivity contribution in [3.8, 4) is 0 Å². The lowest BCUT2D eigenvalue weighted by Gasteiger charge is -2.35. The highest BCUT2D eigenvalue weighted by molar-refractivity contribution is 5.78. The van der Waals surface area contributed by atoms with Gasteiger partial charge in [0.15, 0.2) is 0 Å². The lowest BCUT2D eigenvalue weighted by molar-refractivity contribution is -0.126. The van der Waals surface area contributed by atoms with Crippen molar-refractivity contribution in [1.29, 1.82) is 0 Å². The van der Waals surface area contributed by atoms with Crippen LogP contribution < -0.4 is 10.6 Å². The second kappa shape index (κ2) is 6.36. The summed E-state index contributed by atoms with van der Waals surface area (Å²) in [4.78, 5) is 11.7. The molecular weight excluding hydrogens is 216 g/mol. The average molecular weight is 242 g/mol. The number of hydrogen-bond acceptors (Lipinski definition) is 3. The van der Waals surface area contributed by atoms with Gasteiger partial charge in [0.2, 0.25) is 5.91 Å². The van der Waals surface area contributed by atoms with Crippen LogP contribution in [-0.2, 0) is 4.79 Å². The van der Waals surface area contributed by atoms with Gasteiger partial charge in [-0.2, -0.15) is 0 Å². The molecule has 0 aliphatic heterocycles. The Kier molecular flexibility index (Phi) is 5.40. The minimum Gasteiger partial charge on any atom is -0.388 e. The molecule has 17 heavy (non-hydrogen) atoms. The van der Waals surface area contributed by atoms with E-state index in [9.17, 15) is 9.90 Å². The number of nitrogens with one attached hydrogen (secondary N) is 2. The van der Waals surface area contributed by atoms with Crippen molar-refractivity contribution < 1.29 is 9.90 Å². The van der Waals surface area contributed by atoms with Crippen molar-refractivity contribution in [3.63, 3.8) is 0 Å². The van der Waals surface area contributed by atoms with Crippen LogP contribution in [0.15, 0.2) is 0 Å². The van der Waals surface area contributed by atoms with E-state index in [0.29, 0.717) is 19.0 Å². The Bertz CT molecular complexity index is 258. The normalized spacial score (nSPS) is 30.9. The van der Waals surface area contributed by atoms with Gasteiger partial charge in [-0.1, -0.05) is 26.7 Å². The molecule has 3 N–H and O–H groups in total. The van der Waals surface area contributed by atoms with Crippen LogP contribution in [0.3, 0.4) is 0 Å². The summed E-state index contributed by atoms with van der Waals surface area (Å²) < 4.78 is 0. The van der Waals surface area contributed by atoms with Gasteiger partial charge in [0.1, 0.15) is 0 Å². The Hall–Kier alpha value is -0.610. The fraction of sp³-hybridized carbons (Fsp3) is 0.923. The number of hydrogen-bond donors (Lipinski definition) is 3. The van der Waals surface area contributed by atoms with E-state index >= 15 is 0 Å². The summed E-state index contributed by atoms with van der Waals surface area (Å²) in [5.41, 5.74) is -0.688. The zero-order chi connectivity index (χ0) is 12.9. The van der Waals surface area contributed by atoms with Crippen molar-refractivity contribution in [2.45, 2.75) is 45.1 Å². The minimum atomic E-state index is -0.688. The molecular formula is C13H26N2O2. The van der Waals surface area contributed by atoms with E-state index < -0.39 is 5.60 Å². The van der Waals surface area contributed by atoms with Gasteiger partial charge in [-0.3, -0.25) is 4.79 Å². The van der Waals surface area contributed by atoms with Gasteiger partial charge >= 0.3 is 0 Å². The molecule has 0 aromatic heterocycles. The van der Waals surface area contributed by atoms with Crippen LogP contribution in [0.1, 0.15) is 39.5 Å². The van der Waals surface area contributed by atoms with Crippen LogP contribution >= 0.6 is 0 Å². The summed E-state index contributed by atoms with van der Waals surface area (Å²) in [6.07, 6.45) is 3.84. The first-order chi connectivity index (χ1) is 7.97. The highest BCUT2D eigenvalue weighted by Gasteiger charge is 2.33. The van der Waals surface area contributed by atoms with Gasteiger partial charge in [0.25, 0.3) is 0 Å². The summed E-state index contributed by atoms with van der Waals surface area (Å²) >= 11 is 0. The van der Waals surface area contributed by atoms with E-state index in [-0.39, 0.29) is 11.8 Å². The van der Waals surface area contributed by atoms with Gasteiger partial charge < -0.3 is 15.7 Å². The van der Waals surface area contributed by atoms with Gasteiger partial charge in [0, 0.05) is 19.0 Å². The van der Waals surface area contributed by atoms with Crippen LogP contribution in [0, 0.1) is 11.8 Å². The van der Waals surface area contributed by atoms with Crippen LogP contribution in [-0.4, -0.2) is 36.8 Å². The SMILES string of the molecule is CNCC(C)C(=O)NCC1(O)CCCC(C)C1. The molecule has 100 valence electrons. The predicted molar refractivity (Wildman–Crippen MR) is 68.7 cm³/mol. The standard InChI is InChI=1S/C13H26N2O2/c1-10-5-4-6-13(17,7-10)9-15-12(16)11(2)8-14-3/h10-11,14,17H,4-9H2,1-3H3,(H,15,16). The average Bonchev–Trinajstić information content (AvgIpc) is 2.26. The molecule has 0 aromatic carbocycles. The summed E-state index contributed by atoms with van der Waals surface area (Å²) in [5, 5.41) is 16.2. The molecule has 0 bridgehead atoms. The lowest BCUT2D eigenvalue weighted by Crippen LogP contribution is -2.47. The third-order valence-corrected chi connectivity index (χ3v) is 3.62. The molecule has 1 aliphatic rings. The van der Waals surface area contributed by atoms with E-state index in [1.54, 1.807) is 0 Å². The summed E-state index contributed by atoms with van der Waals surface area (Å²) in [6, 6.07) is 0. The quantitative estimate of drug-likeness (QED) is 0.671. The first kappa shape index (κ1) is 14.5. The fourth-order valence-corrected chi connectivity index (χ4v) is 2.62. The molecule has 0 saturated heterocycles. The van der Waals surface area contributed by atoms with Gasteiger partial charge in [0.05, 0.1) is 5.60 Å². The summed E-state index contributed by atoms with van der Waals surface area (Å²) in [6.45, 7) is 5.11. The van der Waals surface area contributed by atoms with Gasteiger partial charge in [-0.05, 0) is 25.8 Å². The molecule has 0 heterocycles. The molecule has 1 rings (SSSR count). The number of amides is 1. The van der Waals surface area contributed by atoms with Crippen molar-refractivity contribution in [3.05, 3.63) is 0 Å². The van der Waals surface area contributed by atoms with E-state index in [1.807, 2.05) is 14.0 Å². The first-order valence-corrected chi connectivity index (χ1v) is 6.61. The summed E-state index contributed by atoms with van der Waals surface area (Å²) in [5.74, 6) is 0.524. The molecule has 1 saturated carbocycles. The largest absolute Gasteiger partial charge is 0.388 e. The fourth-order valence-electron chi connectivity index (χ4n) is 2.62. The molecule has 3 atom stereocenters. The molecule has 0 aromatic rings. The summed E-state index contributed by atoms with van der Waals surface area (Å²) in [7, 11) is 1.83. The van der Waals surface area contributed by atoms with Gasteiger partial charge in [-0.25, -0.2) is 0 Å². The maximum atomic E-state index is 11.7. The van der Waals surface area contributed by atoms with Crippen molar-refractivity contribution in [1.82, 2.24) is 10.6 Å². The van der Waals surface area contributed by atoms with Gasteiger partial charge in [-0.15, -0.1) is 0 Å². The minimum absolute atomic E-state index is 0.0194. The highest BCUT2D eigenvalue weighted by Crippen LogP contribution is 2.31. The van der Waals surface area contributed by atoms with Crippen molar-refractivity contribution in [2.24, 2.45) is 11.8 Å². The lowest BCUT2D eigenvalue weighted by atomic mass is 9.79. The van der Waals surface area contributed by atoms with Crippen LogP contribution in [0.25, 0.3) is 0 Å². The molecule has 1 fully saturated rings. The Morgan fingerprint density at radius 3 is 2.88 bits per heavy atom. The topological polar surface area (TPSA) is 61.4 Å². The van der Waals surface area contributed by atoms with E-state index in [4.69, 9.17) is 0 Å². The number of carbonyl (C=O) groups is 1. The maximum Gasteiger partial charge on any atom is 0.224 e. The second-order valence-corrected chi connectivity index (χ2v) is 5.60. The molecule has 0 spiro atoms. The molecule has 3 unspecified atom stereocenters. The van der Waals surface area contributed by atoms with Crippen molar-refractivity contribution in [2.75, 3.05) is 20.1 Å². The molecule has 1 amide bonds. The highest BCUT2D eigenvalue weighted by atomic mass is 16.3. The predicted octanol–water partition coefficient (Wildman–Crippen LogP) is 0.899. The zero-order valence-corrected chi connectivity index (χ0v) is 11.3. The monoisotopic (exact) mass is 242 g/mol. The Morgan fingerprint density at radius 2 is 2.29 bits per heavy atom. The second-order valence-electron chi connectivity index (χ2n) is 5.60. The smallest absolute Gasteiger partial charge is 0.224 e. The Balaban J connectivity index is 2.36. The molecule has 4 nitrogen and oxygen atoms in total. The molecule has 1 aliphatic carbocycles. The van der Waals surface area contributed by atoms with Crippen LogP contribution in [0.2, 0.25) is 0 Å². The Morgan fingerprint density at radius 1 is 1.59 bits per heavy atom. The number of carbonyl (C=O) groups excluding carboxylic acids is 1. The molecule has 0 radical (unpaired) electrons. The van der Waals surface area contributed by atoms with Crippen LogP contribution in [0.5, 0.6) is 0 Å². The maximum absolute atomic E-state index is 11.7. The zero-order valence-electron chi connectivity index (χ0n) is 11.3. The third kappa shape index (κ3) is 4.64. The third-order valence-electron chi connectivity index (χ3n) is 3.62. The number of rotatable bonds is 5. The van der Waals surface area contributed by atoms with Crippen LogP contribution in [0.4, 0.5) is 0 Å². The van der Waals surface area contributed by atoms with E-state index in [0.717, 1.165) is 19.3 Å². The number of aliphatic hydroxyl groups is 1. The van der Waals surface area contributed by atoms with E-state index in [1.165, 1.54) is 6.42 Å². The first-order valence-electron chi connectivity index (χ1n) is 6.61. The van der Waals surface area contributed by atoms with Crippen molar-refractivity contribution >= 4 is 5.91 Å². The molecule has 4 heteroatoms. The Labute approximate surface area is 104 Å².